The molecule has 0 aliphatic rings. The van der Waals surface area contributed by atoms with Crippen molar-refractivity contribution >= 4 is 16.9 Å². The van der Waals surface area contributed by atoms with Crippen LogP contribution in [0.1, 0.15) is 22.7 Å². The van der Waals surface area contributed by atoms with Crippen LogP contribution in [0.5, 0.6) is 0 Å². The molecule has 0 aliphatic carbocycles. The van der Waals surface area contributed by atoms with Gasteiger partial charge >= 0.3 is 0 Å². The smallest absolute Gasteiger partial charge is 0.195 e. The van der Waals surface area contributed by atoms with E-state index in [1.165, 1.54) is 0 Å². The van der Waals surface area contributed by atoms with Crippen LogP contribution >= 0.6 is 0 Å². The number of rotatable bonds is 4. The van der Waals surface area contributed by atoms with Gasteiger partial charge < -0.3 is 4.42 Å². The van der Waals surface area contributed by atoms with Crippen molar-refractivity contribution in [2.24, 2.45) is 0 Å². The maximum atomic E-state index is 12.0. The maximum Gasteiger partial charge on any atom is 0.195 e. The fraction of sp³-hybridized carbons (Fsp3) is 0.125. The Morgan fingerprint density at radius 1 is 1.00 bits per heavy atom. The molecule has 0 bridgehead atoms. The summed E-state index contributed by atoms with van der Waals surface area (Å²) in [6.45, 7) is 0. The largest absolute Gasteiger partial charge is 0.441 e. The van der Waals surface area contributed by atoms with Crippen molar-refractivity contribution in [2.45, 2.75) is 12.8 Å². The van der Waals surface area contributed by atoms with E-state index in [4.69, 9.17) is 4.42 Å². The molecule has 0 aliphatic heterocycles. The van der Waals surface area contributed by atoms with Crippen LogP contribution in [0.3, 0.4) is 0 Å². The second kappa shape index (κ2) is 5.06. The van der Waals surface area contributed by atoms with Crippen molar-refractivity contribution in [2.75, 3.05) is 0 Å². The van der Waals surface area contributed by atoms with Crippen LogP contribution in [0.15, 0.2) is 59.0 Å². The Morgan fingerprint density at radius 3 is 2.53 bits per heavy atom. The third kappa shape index (κ3) is 2.55. The first kappa shape index (κ1) is 11.7. The van der Waals surface area contributed by atoms with Gasteiger partial charge in [-0.15, -0.1) is 0 Å². The third-order valence-electron chi connectivity index (χ3n) is 3.00. The summed E-state index contributed by atoms with van der Waals surface area (Å²) in [5.74, 6) is 0.730. The molecule has 0 spiro atoms. The van der Waals surface area contributed by atoms with E-state index < -0.39 is 0 Å². The highest BCUT2D eigenvalue weighted by Crippen LogP contribution is 2.16. The summed E-state index contributed by atoms with van der Waals surface area (Å²) in [5, 5.41) is 0. The van der Waals surface area contributed by atoms with Crippen molar-refractivity contribution < 1.29 is 9.21 Å². The molecule has 0 fully saturated rings. The summed E-state index contributed by atoms with van der Waals surface area (Å²) in [4.78, 5) is 16.3. The molecule has 0 amide bonds. The van der Waals surface area contributed by atoms with Gasteiger partial charge in [-0.1, -0.05) is 42.5 Å². The Hall–Kier alpha value is -2.42. The molecular weight excluding hydrogens is 238 g/mol. The minimum Gasteiger partial charge on any atom is -0.441 e. The molecule has 94 valence electrons. The average molecular weight is 251 g/mol. The predicted molar refractivity (Wildman–Crippen MR) is 73.1 cm³/mol. The summed E-state index contributed by atoms with van der Waals surface area (Å²) in [6, 6.07) is 16.9. The maximum absolute atomic E-state index is 12.0. The molecule has 3 rings (SSSR count). The van der Waals surface area contributed by atoms with E-state index in [9.17, 15) is 4.79 Å². The SMILES string of the molecule is O=C(CCc1nc2ccccc2o1)c1ccccc1. The van der Waals surface area contributed by atoms with E-state index in [2.05, 4.69) is 4.98 Å². The van der Waals surface area contributed by atoms with Crippen LogP contribution < -0.4 is 0 Å². The molecule has 0 saturated heterocycles. The second-order valence-corrected chi connectivity index (χ2v) is 4.36. The van der Waals surface area contributed by atoms with Gasteiger partial charge in [0.05, 0.1) is 0 Å². The van der Waals surface area contributed by atoms with Crippen LogP contribution in [0, 0.1) is 0 Å². The lowest BCUT2D eigenvalue weighted by molar-refractivity contribution is 0.0980. The average Bonchev–Trinajstić information content (AvgIpc) is 2.88. The lowest BCUT2D eigenvalue weighted by Gasteiger charge is -1.98. The number of benzene rings is 2. The van der Waals surface area contributed by atoms with E-state index in [0.717, 1.165) is 16.7 Å². The summed E-state index contributed by atoms with van der Waals surface area (Å²) in [7, 11) is 0. The molecule has 2 aromatic carbocycles. The number of ketones is 1. The number of carbonyl (C=O) groups excluding carboxylic acids is 1. The number of aryl methyl sites for hydroxylation is 1. The molecule has 0 atom stereocenters. The van der Waals surface area contributed by atoms with Gasteiger partial charge in [0.1, 0.15) is 5.52 Å². The Morgan fingerprint density at radius 2 is 1.74 bits per heavy atom. The normalized spacial score (nSPS) is 10.7. The van der Waals surface area contributed by atoms with Crippen molar-refractivity contribution in [1.82, 2.24) is 4.98 Å². The zero-order chi connectivity index (χ0) is 13.1. The molecule has 1 aromatic heterocycles. The van der Waals surface area contributed by atoms with Crippen LogP contribution in [0.4, 0.5) is 0 Å². The molecule has 0 N–H and O–H groups in total. The quantitative estimate of drug-likeness (QED) is 0.665. The zero-order valence-electron chi connectivity index (χ0n) is 10.4. The van der Waals surface area contributed by atoms with E-state index in [1.807, 2.05) is 54.6 Å². The van der Waals surface area contributed by atoms with E-state index >= 15 is 0 Å². The topological polar surface area (TPSA) is 43.1 Å². The number of hydrogen-bond acceptors (Lipinski definition) is 3. The van der Waals surface area contributed by atoms with E-state index in [-0.39, 0.29) is 5.78 Å². The highest BCUT2D eigenvalue weighted by atomic mass is 16.3. The monoisotopic (exact) mass is 251 g/mol. The van der Waals surface area contributed by atoms with Gasteiger partial charge in [0.2, 0.25) is 0 Å². The van der Waals surface area contributed by atoms with Crippen LogP contribution in [-0.4, -0.2) is 10.8 Å². The molecule has 0 unspecified atom stereocenters. The van der Waals surface area contributed by atoms with E-state index in [1.54, 1.807) is 0 Å². The van der Waals surface area contributed by atoms with Gasteiger partial charge in [0, 0.05) is 18.4 Å². The molecule has 3 aromatic rings. The minimum atomic E-state index is 0.114. The Balaban J connectivity index is 1.71. The highest BCUT2D eigenvalue weighted by molar-refractivity contribution is 5.96. The predicted octanol–water partition coefficient (Wildman–Crippen LogP) is 3.64. The van der Waals surface area contributed by atoms with E-state index in [0.29, 0.717) is 18.7 Å². The number of hydrogen-bond donors (Lipinski definition) is 0. The highest BCUT2D eigenvalue weighted by Gasteiger charge is 2.09. The van der Waals surface area contributed by atoms with Crippen LogP contribution in [0.25, 0.3) is 11.1 Å². The molecule has 3 heteroatoms. The molecule has 3 nitrogen and oxygen atoms in total. The fourth-order valence-electron chi connectivity index (χ4n) is 2.02. The number of para-hydroxylation sites is 2. The first-order valence-electron chi connectivity index (χ1n) is 6.25. The number of carbonyl (C=O) groups is 1. The Bertz CT molecular complexity index is 668. The van der Waals surface area contributed by atoms with Gasteiger partial charge in [-0.2, -0.15) is 0 Å². The van der Waals surface area contributed by atoms with Crippen molar-refractivity contribution in [3.63, 3.8) is 0 Å². The number of nitrogens with zero attached hydrogens (tertiary/aromatic N) is 1. The summed E-state index contributed by atoms with van der Waals surface area (Å²) < 4.78 is 5.59. The summed E-state index contributed by atoms with van der Waals surface area (Å²) in [5.41, 5.74) is 2.34. The first-order valence-corrected chi connectivity index (χ1v) is 6.25. The molecule has 19 heavy (non-hydrogen) atoms. The van der Waals surface area contributed by atoms with Gasteiger partial charge in [-0.3, -0.25) is 4.79 Å². The Kier molecular flexibility index (Phi) is 3.11. The summed E-state index contributed by atoms with van der Waals surface area (Å²) in [6.07, 6.45) is 0.944. The van der Waals surface area contributed by atoms with Crippen molar-refractivity contribution in [1.29, 1.82) is 0 Å². The molecule has 0 saturated carbocycles. The van der Waals surface area contributed by atoms with Gasteiger partial charge in [0.15, 0.2) is 17.3 Å². The number of aromatic nitrogens is 1. The van der Waals surface area contributed by atoms with Crippen molar-refractivity contribution in [3.8, 4) is 0 Å². The lowest BCUT2D eigenvalue weighted by Crippen LogP contribution is -2.00. The Labute approximate surface area is 110 Å². The van der Waals surface area contributed by atoms with Crippen LogP contribution in [0.2, 0.25) is 0 Å². The standard InChI is InChI=1S/C16H13NO2/c18-14(12-6-2-1-3-7-12)10-11-16-17-13-8-4-5-9-15(13)19-16/h1-9H,10-11H2. The molecule has 0 radical (unpaired) electrons. The van der Waals surface area contributed by atoms with Crippen LogP contribution in [-0.2, 0) is 6.42 Å². The van der Waals surface area contributed by atoms with Gasteiger partial charge in [0.25, 0.3) is 0 Å². The fourth-order valence-corrected chi connectivity index (χ4v) is 2.02. The number of oxazole rings is 1. The zero-order valence-corrected chi connectivity index (χ0v) is 10.4. The minimum absolute atomic E-state index is 0.114. The number of Topliss-reactive ketones (excluding diaryl/α,β-unsaturated/α-hetero) is 1. The summed E-state index contributed by atoms with van der Waals surface area (Å²) >= 11 is 0. The number of fused-ring (bicyclic) bond motifs is 1. The first-order chi connectivity index (χ1) is 9.33. The molecular formula is C16H13NO2. The third-order valence-corrected chi connectivity index (χ3v) is 3.00. The van der Waals surface area contributed by atoms with Gasteiger partial charge in [-0.25, -0.2) is 4.98 Å². The second-order valence-electron chi connectivity index (χ2n) is 4.36. The lowest BCUT2D eigenvalue weighted by atomic mass is 10.1. The van der Waals surface area contributed by atoms with Gasteiger partial charge in [-0.05, 0) is 12.1 Å². The molecule has 1 heterocycles. The van der Waals surface area contributed by atoms with Crippen molar-refractivity contribution in [3.05, 3.63) is 66.1 Å².